The van der Waals surface area contributed by atoms with E-state index in [2.05, 4.69) is 15.2 Å². The first kappa shape index (κ1) is 32.0. The van der Waals surface area contributed by atoms with E-state index in [0.29, 0.717) is 34.8 Å². The maximum Gasteiger partial charge on any atom is 0.404 e. The van der Waals surface area contributed by atoms with Gasteiger partial charge in [-0.3, -0.25) is 4.79 Å². The lowest BCUT2D eigenvalue weighted by Crippen LogP contribution is -2.43. The van der Waals surface area contributed by atoms with E-state index < -0.39 is 32.9 Å². The van der Waals surface area contributed by atoms with Crippen molar-refractivity contribution in [3.05, 3.63) is 42.0 Å². The predicted molar refractivity (Wildman–Crippen MR) is 157 cm³/mol. The molecule has 1 aliphatic rings. The number of fused-ring (bicyclic) bond motifs is 1. The zero-order valence-corrected chi connectivity index (χ0v) is 26.0. The topological polar surface area (TPSA) is 137 Å². The summed E-state index contributed by atoms with van der Waals surface area (Å²) in [4.78, 5) is 20.7. The smallest absolute Gasteiger partial charge is 0.404 e. The van der Waals surface area contributed by atoms with Crippen molar-refractivity contribution in [3.8, 4) is 21.3 Å². The molecule has 4 aromatic rings. The molecule has 44 heavy (non-hydrogen) atoms. The third-order valence-electron chi connectivity index (χ3n) is 7.58. The highest BCUT2D eigenvalue weighted by Gasteiger charge is 2.39. The summed E-state index contributed by atoms with van der Waals surface area (Å²) in [5, 5.41) is 8.93. The Bertz CT molecular complexity index is 1750. The van der Waals surface area contributed by atoms with Gasteiger partial charge < -0.3 is 9.15 Å². The number of hydrogen-bond donors (Lipinski definition) is 1. The molecule has 0 spiro atoms. The molecule has 15 heteroatoms. The van der Waals surface area contributed by atoms with Crippen molar-refractivity contribution in [1.29, 1.82) is 0 Å². The zero-order valence-electron chi connectivity index (χ0n) is 24.3. The van der Waals surface area contributed by atoms with Gasteiger partial charge in [-0.15, -0.1) is 21.5 Å². The first-order valence-electron chi connectivity index (χ1n) is 14.2. The van der Waals surface area contributed by atoms with Gasteiger partial charge in [0.15, 0.2) is 10.0 Å². The number of benzene rings is 1. The average Bonchev–Trinajstić information content (AvgIpc) is 3.59. The SMILES string of the molecule is C[C@H](NS(=O)(=O)c1ncc(-c2sc(-c3nnc(CC(C)(C)OC=O)o3)nc2CC2CCCCC2)c2ccccc12)C(F)(F)F. The first-order chi connectivity index (χ1) is 20.8. The van der Waals surface area contributed by atoms with Crippen molar-refractivity contribution in [2.75, 3.05) is 0 Å². The fourth-order valence-corrected chi connectivity index (χ4v) is 7.73. The second-order valence-corrected chi connectivity index (χ2v) is 14.2. The van der Waals surface area contributed by atoms with E-state index in [4.69, 9.17) is 14.1 Å². The Labute approximate surface area is 256 Å². The summed E-state index contributed by atoms with van der Waals surface area (Å²) in [6, 6.07) is 4.27. The van der Waals surface area contributed by atoms with Crippen molar-refractivity contribution in [3.63, 3.8) is 0 Å². The first-order valence-corrected chi connectivity index (χ1v) is 16.5. The van der Waals surface area contributed by atoms with Crippen LogP contribution in [-0.2, 0) is 32.4 Å². The van der Waals surface area contributed by atoms with Gasteiger partial charge in [0.1, 0.15) is 11.6 Å². The van der Waals surface area contributed by atoms with Crippen molar-refractivity contribution in [2.45, 2.75) is 88.6 Å². The summed E-state index contributed by atoms with van der Waals surface area (Å²) in [5.74, 6) is 0.855. The number of carbonyl (C=O) groups excluding carboxylic acids is 1. The standard InChI is InChI=1S/C29H32F3N5O5S2/c1-17(29(30,31)32)37-44(39,40)27-20-12-8-7-11-19(20)21(15-33-27)24-22(13-18-9-5-4-6-10-18)34-26(43-24)25-36-35-23(42-25)14-28(2,3)41-16-38/h7-8,11-12,15-18,37H,4-6,9-10,13-14H2,1-3H3/t17-/m0/s1. The number of hydrogen-bond acceptors (Lipinski definition) is 10. The third-order valence-corrected chi connectivity index (χ3v) is 10.2. The van der Waals surface area contributed by atoms with Gasteiger partial charge in [-0.25, -0.2) is 18.4 Å². The molecule has 0 aliphatic heterocycles. The summed E-state index contributed by atoms with van der Waals surface area (Å²) >= 11 is 1.29. The second kappa shape index (κ2) is 12.5. The lowest BCUT2D eigenvalue weighted by molar-refractivity contribution is -0.147. The molecular weight excluding hydrogens is 619 g/mol. The number of nitrogens with zero attached hydrogens (tertiary/aromatic N) is 4. The highest BCUT2D eigenvalue weighted by Crippen LogP contribution is 2.41. The normalized spacial score (nSPS) is 15.9. The summed E-state index contributed by atoms with van der Waals surface area (Å²) in [6.07, 6.45) is 3.03. The minimum absolute atomic E-state index is 0.183. The van der Waals surface area contributed by atoms with Crippen LogP contribution < -0.4 is 4.72 Å². The molecule has 1 N–H and O–H groups in total. The van der Waals surface area contributed by atoms with Crippen LogP contribution >= 0.6 is 11.3 Å². The highest BCUT2D eigenvalue weighted by molar-refractivity contribution is 7.89. The van der Waals surface area contributed by atoms with Gasteiger partial charge in [0, 0.05) is 17.1 Å². The highest BCUT2D eigenvalue weighted by atomic mass is 32.2. The summed E-state index contributed by atoms with van der Waals surface area (Å²) in [5.41, 5.74) is 0.511. The lowest BCUT2D eigenvalue weighted by Gasteiger charge is -2.21. The van der Waals surface area contributed by atoms with E-state index >= 15 is 0 Å². The Morgan fingerprint density at radius 3 is 2.52 bits per heavy atom. The summed E-state index contributed by atoms with van der Waals surface area (Å²) < 4.78 is 78.4. The fourth-order valence-electron chi connectivity index (χ4n) is 5.32. The second-order valence-electron chi connectivity index (χ2n) is 11.6. The molecule has 1 fully saturated rings. The van der Waals surface area contributed by atoms with E-state index in [1.165, 1.54) is 30.0 Å². The van der Waals surface area contributed by atoms with E-state index in [1.807, 2.05) is 0 Å². The Morgan fingerprint density at radius 2 is 1.84 bits per heavy atom. The number of ether oxygens (including phenoxy) is 1. The Hall–Kier alpha value is -3.43. The number of pyridine rings is 1. The maximum atomic E-state index is 13.2. The summed E-state index contributed by atoms with van der Waals surface area (Å²) in [7, 11) is -4.61. The number of carbonyl (C=O) groups is 1. The molecule has 0 bridgehead atoms. The minimum Gasteiger partial charge on any atom is -0.461 e. The molecule has 1 atom stereocenters. The Kier molecular flexibility index (Phi) is 9.10. The van der Waals surface area contributed by atoms with Crippen LogP contribution in [0.5, 0.6) is 0 Å². The molecule has 1 aliphatic carbocycles. The molecule has 1 saturated carbocycles. The van der Waals surface area contributed by atoms with Crippen LogP contribution in [0.4, 0.5) is 13.2 Å². The number of nitrogens with one attached hydrogen (secondary N) is 1. The van der Waals surface area contributed by atoms with E-state index in [9.17, 15) is 26.4 Å². The van der Waals surface area contributed by atoms with Crippen molar-refractivity contribution >= 4 is 38.6 Å². The molecule has 10 nitrogen and oxygen atoms in total. The van der Waals surface area contributed by atoms with Crippen molar-refractivity contribution in [1.82, 2.24) is 24.9 Å². The fraction of sp³-hybridized carbons (Fsp3) is 0.483. The molecular formula is C29H32F3N5O5S2. The molecule has 3 heterocycles. The number of halogens is 3. The number of rotatable bonds is 11. The minimum atomic E-state index is -4.76. The van der Waals surface area contributed by atoms with Gasteiger partial charge in [0.2, 0.25) is 5.89 Å². The monoisotopic (exact) mass is 651 g/mol. The Morgan fingerprint density at radius 1 is 1.14 bits per heavy atom. The summed E-state index contributed by atoms with van der Waals surface area (Å²) in [6.45, 7) is 4.54. The van der Waals surface area contributed by atoms with E-state index in [1.54, 1.807) is 36.8 Å². The number of sulfonamides is 1. The van der Waals surface area contributed by atoms with E-state index in [0.717, 1.165) is 43.2 Å². The largest absolute Gasteiger partial charge is 0.461 e. The van der Waals surface area contributed by atoms with Gasteiger partial charge >= 0.3 is 6.18 Å². The predicted octanol–water partition coefficient (Wildman–Crippen LogP) is 6.25. The average molecular weight is 652 g/mol. The van der Waals surface area contributed by atoms with Crippen LogP contribution in [0.3, 0.4) is 0 Å². The van der Waals surface area contributed by atoms with Gasteiger partial charge in [-0.1, -0.05) is 56.4 Å². The molecule has 0 radical (unpaired) electrons. The van der Waals surface area contributed by atoms with Crippen LogP contribution in [0.25, 0.3) is 32.1 Å². The molecule has 3 aromatic heterocycles. The number of alkyl halides is 3. The molecule has 5 rings (SSSR count). The lowest BCUT2D eigenvalue weighted by atomic mass is 9.85. The molecule has 0 saturated heterocycles. The van der Waals surface area contributed by atoms with Gasteiger partial charge in [-0.2, -0.15) is 17.9 Å². The maximum absolute atomic E-state index is 13.2. The van der Waals surface area contributed by atoms with E-state index in [-0.39, 0.29) is 23.6 Å². The van der Waals surface area contributed by atoms with Crippen LogP contribution in [0.1, 0.15) is 64.5 Å². The van der Waals surface area contributed by atoms with Crippen LogP contribution in [0.2, 0.25) is 0 Å². The van der Waals surface area contributed by atoms with Crippen LogP contribution in [-0.4, -0.2) is 52.9 Å². The van der Waals surface area contributed by atoms with Gasteiger partial charge in [0.05, 0.1) is 17.0 Å². The van der Waals surface area contributed by atoms with Crippen LogP contribution in [0, 0.1) is 5.92 Å². The molecule has 0 unspecified atom stereocenters. The number of thiazole rings is 1. The molecule has 236 valence electrons. The molecule has 0 amide bonds. The third kappa shape index (κ3) is 7.10. The zero-order chi connectivity index (χ0) is 31.7. The quantitative estimate of drug-likeness (QED) is 0.187. The van der Waals surface area contributed by atoms with Crippen molar-refractivity contribution < 1.29 is 35.5 Å². The van der Waals surface area contributed by atoms with Crippen LogP contribution in [0.15, 0.2) is 39.9 Å². The van der Waals surface area contributed by atoms with Gasteiger partial charge in [-0.05, 0) is 38.5 Å². The van der Waals surface area contributed by atoms with Gasteiger partial charge in [0.25, 0.3) is 22.4 Å². The number of aromatic nitrogens is 4. The Balaban J connectivity index is 1.58. The van der Waals surface area contributed by atoms with Crippen molar-refractivity contribution in [2.24, 2.45) is 5.92 Å². The molecule has 1 aromatic carbocycles.